The van der Waals surface area contributed by atoms with Crippen LogP contribution in [0.2, 0.25) is 5.02 Å². The third-order valence-electron chi connectivity index (χ3n) is 7.21. The highest BCUT2D eigenvalue weighted by Crippen LogP contribution is 2.38. The highest BCUT2D eigenvalue weighted by Gasteiger charge is 2.31. The quantitative estimate of drug-likeness (QED) is 0.279. The van der Waals surface area contributed by atoms with Gasteiger partial charge >= 0.3 is 0 Å². The summed E-state index contributed by atoms with van der Waals surface area (Å²) in [5.74, 6) is 1.70. The zero-order chi connectivity index (χ0) is 27.1. The summed E-state index contributed by atoms with van der Waals surface area (Å²) in [5.41, 5.74) is 4.59. The van der Waals surface area contributed by atoms with Gasteiger partial charge < -0.3 is 23.7 Å². The first-order valence-corrected chi connectivity index (χ1v) is 13.2. The van der Waals surface area contributed by atoms with E-state index >= 15 is 0 Å². The van der Waals surface area contributed by atoms with Crippen molar-refractivity contribution in [1.29, 1.82) is 0 Å². The van der Waals surface area contributed by atoms with Crippen molar-refractivity contribution in [3.05, 3.63) is 117 Å². The number of furan rings is 1. The number of amides is 1. The molecule has 7 nitrogen and oxygen atoms in total. The van der Waals surface area contributed by atoms with Crippen LogP contribution in [0, 0.1) is 13.8 Å². The Morgan fingerprint density at radius 2 is 1.90 bits per heavy atom. The number of rotatable bonds is 5. The number of aliphatic hydroxyl groups is 1. The fourth-order valence-electron chi connectivity index (χ4n) is 5.32. The maximum Gasteiger partial charge on any atom is 0.227 e. The molecule has 0 spiro atoms. The van der Waals surface area contributed by atoms with E-state index in [4.69, 9.17) is 25.3 Å². The van der Waals surface area contributed by atoms with E-state index in [0.29, 0.717) is 46.5 Å². The summed E-state index contributed by atoms with van der Waals surface area (Å²) in [5, 5.41) is 16.3. The average molecular weight is 543 g/mol. The number of aliphatic hydroxyl groups excluding tert-OH is 1. The van der Waals surface area contributed by atoms with Crippen LogP contribution in [-0.4, -0.2) is 34.2 Å². The fourth-order valence-corrected chi connectivity index (χ4v) is 5.44. The van der Waals surface area contributed by atoms with E-state index in [-0.39, 0.29) is 18.4 Å². The summed E-state index contributed by atoms with van der Waals surface area (Å²) in [6.45, 7) is 4.39. The Bertz CT molecular complexity index is 1640. The number of aryl methyl sites for hydroxylation is 2. The Labute approximate surface area is 230 Å². The highest BCUT2D eigenvalue weighted by atomic mass is 35.5. The Kier molecular flexibility index (Phi) is 6.62. The second kappa shape index (κ2) is 10.2. The first-order chi connectivity index (χ1) is 18.9. The molecule has 2 atom stereocenters. The largest absolute Gasteiger partial charge is 0.491 e. The van der Waals surface area contributed by atoms with Gasteiger partial charge in [-0.25, -0.2) is 0 Å². The molecule has 39 heavy (non-hydrogen) atoms. The number of benzene rings is 3. The van der Waals surface area contributed by atoms with Gasteiger partial charge in [-0.05, 0) is 61.4 Å². The molecule has 1 amide bonds. The summed E-state index contributed by atoms with van der Waals surface area (Å²) in [6, 6.07) is 22.6. The van der Waals surface area contributed by atoms with E-state index in [2.05, 4.69) is 5.16 Å². The summed E-state index contributed by atoms with van der Waals surface area (Å²) in [4.78, 5) is 15.7. The summed E-state index contributed by atoms with van der Waals surface area (Å²) in [7, 11) is 0. The predicted molar refractivity (Wildman–Crippen MR) is 147 cm³/mol. The first-order valence-electron chi connectivity index (χ1n) is 12.8. The third-order valence-corrected chi connectivity index (χ3v) is 7.46. The Morgan fingerprint density at radius 1 is 1.10 bits per heavy atom. The van der Waals surface area contributed by atoms with E-state index in [1.54, 1.807) is 19.9 Å². The molecule has 0 radical (unpaired) electrons. The second-order valence-corrected chi connectivity index (χ2v) is 10.2. The molecule has 0 aliphatic carbocycles. The number of carbonyl (C=O) groups is 1. The number of hydrogen-bond acceptors (Lipinski definition) is 6. The number of ether oxygens (including phenoxy) is 1. The van der Waals surface area contributed by atoms with E-state index in [0.717, 1.165) is 27.8 Å². The minimum Gasteiger partial charge on any atom is -0.491 e. The van der Waals surface area contributed by atoms with Gasteiger partial charge in [0.15, 0.2) is 0 Å². The zero-order valence-corrected chi connectivity index (χ0v) is 22.3. The molecule has 5 aromatic rings. The number of fused-ring (bicyclic) bond motifs is 2. The van der Waals surface area contributed by atoms with E-state index in [1.165, 1.54) is 0 Å². The van der Waals surface area contributed by atoms with Crippen molar-refractivity contribution in [3.8, 4) is 5.75 Å². The first kappa shape index (κ1) is 25.2. The van der Waals surface area contributed by atoms with Crippen molar-refractivity contribution in [2.24, 2.45) is 0 Å². The molecule has 0 saturated heterocycles. The Balaban J connectivity index is 1.30. The molecule has 0 saturated carbocycles. The van der Waals surface area contributed by atoms with Gasteiger partial charge in [0.25, 0.3) is 0 Å². The minimum absolute atomic E-state index is 0.0194. The molecule has 198 valence electrons. The standard InChI is InChI=1S/C31H27ClN2O5/c1-18-29(19(2)39-33-18)31(36)27-17-22-15-20(7-12-25(22)38-27)16-28(35)34-13-14-37-26-6-4-3-5-24(26)30(34)21-8-10-23(32)11-9-21/h3-12,15,17,30-31,36H,13-14,16H2,1-2H3. The lowest BCUT2D eigenvalue weighted by atomic mass is 9.95. The number of hydrogen-bond donors (Lipinski definition) is 1. The molecule has 2 aromatic heterocycles. The van der Waals surface area contributed by atoms with Gasteiger partial charge in [-0.15, -0.1) is 0 Å². The van der Waals surface area contributed by atoms with Gasteiger partial charge in [-0.2, -0.15) is 0 Å². The highest BCUT2D eigenvalue weighted by molar-refractivity contribution is 6.30. The average Bonchev–Trinajstić information content (AvgIpc) is 3.44. The van der Waals surface area contributed by atoms with Crippen molar-refractivity contribution in [2.45, 2.75) is 32.4 Å². The molecule has 2 unspecified atom stereocenters. The molecule has 1 N–H and O–H groups in total. The maximum absolute atomic E-state index is 13.8. The number of halogens is 1. The fraction of sp³-hybridized carbons (Fsp3) is 0.226. The smallest absolute Gasteiger partial charge is 0.227 e. The molecular formula is C31H27ClN2O5. The Hall–Kier alpha value is -4.07. The maximum atomic E-state index is 13.8. The SMILES string of the molecule is Cc1noc(C)c1C(O)c1cc2cc(CC(=O)N3CCOc4ccccc4C3c3ccc(Cl)cc3)ccc2o1. The monoisotopic (exact) mass is 542 g/mol. The van der Waals surface area contributed by atoms with Gasteiger partial charge in [0.05, 0.1) is 30.3 Å². The van der Waals surface area contributed by atoms with Crippen LogP contribution in [0.4, 0.5) is 0 Å². The van der Waals surface area contributed by atoms with Gasteiger partial charge in [-0.1, -0.05) is 53.2 Å². The normalized spacial score (nSPS) is 16.0. The van der Waals surface area contributed by atoms with Crippen molar-refractivity contribution in [3.63, 3.8) is 0 Å². The van der Waals surface area contributed by atoms with Crippen molar-refractivity contribution < 1.29 is 23.6 Å². The third kappa shape index (κ3) is 4.80. The van der Waals surface area contributed by atoms with Crippen LogP contribution in [0.3, 0.4) is 0 Å². The molecular weight excluding hydrogens is 516 g/mol. The van der Waals surface area contributed by atoms with Crippen LogP contribution < -0.4 is 4.74 Å². The zero-order valence-electron chi connectivity index (χ0n) is 21.6. The van der Waals surface area contributed by atoms with Crippen LogP contribution in [0.5, 0.6) is 5.75 Å². The molecule has 6 rings (SSSR count). The van der Waals surface area contributed by atoms with E-state index < -0.39 is 6.10 Å². The van der Waals surface area contributed by atoms with Crippen molar-refractivity contribution in [2.75, 3.05) is 13.2 Å². The molecule has 3 heterocycles. The molecule has 1 aliphatic rings. The molecule has 0 bridgehead atoms. The van der Waals surface area contributed by atoms with Crippen LogP contribution in [0.1, 0.15) is 51.6 Å². The van der Waals surface area contributed by atoms with Crippen LogP contribution in [-0.2, 0) is 11.2 Å². The molecule has 1 aliphatic heterocycles. The number of nitrogens with zero attached hydrogens (tertiary/aromatic N) is 2. The van der Waals surface area contributed by atoms with Gasteiger partial charge in [0.2, 0.25) is 5.91 Å². The summed E-state index contributed by atoms with van der Waals surface area (Å²) < 4.78 is 17.2. The number of carbonyl (C=O) groups excluding carboxylic acids is 1. The summed E-state index contributed by atoms with van der Waals surface area (Å²) >= 11 is 6.17. The topological polar surface area (TPSA) is 88.9 Å². The lowest BCUT2D eigenvalue weighted by Crippen LogP contribution is -2.37. The molecule has 3 aromatic carbocycles. The lowest BCUT2D eigenvalue weighted by Gasteiger charge is -2.31. The summed E-state index contributed by atoms with van der Waals surface area (Å²) in [6.07, 6.45) is -0.791. The predicted octanol–water partition coefficient (Wildman–Crippen LogP) is 6.33. The van der Waals surface area contributed by atoms with Gasteiger partial charge in [0.1, 0.15) is 35.6 Å². The second-order valence-electron chi connectivity index (χ2n) is 9.77. The Morgan fingerprint density at radius 3 is 2.67 bits per heavy atom. The van der Waals surface area contributed by atoms with E-state index in [9.17, 15) is 9.90 Å². The molecule has 8 heteroatoms. The van der Waals surface area contributed by atoms with Gasteiger partial charge in [-0.3, -0.25) is 4.79 Å². The lowest BCUT2D eigenvalue weighted by molar-refractivity contribution is -0.132. The van der Waals surface area contributed by atoms with Crippen LogP contribution in [0.15, 0.2) is 81.7 Å². The van der Waals surface area contributed by atoms with Crippen LogP contribution >= 0.6 is 11.6 Å². The molecule has 0 fully saturated rings. The van der Waals surface area contributed by atoms with E-state index in [1.807, 2.05) is 71.6 Å². The van der Waals surface area contributed by atoms with Gasteiger partial charge in [0, 0.05) is 16.0 Å². The van der Waals surface area contributed by atoms with Crippen molar-refractivity contribution >= 4 is 28.5 Å². The van der Waals surface area contributed by atoms with Crippen LogP contribution in [0.25, 0.3) is 11.0 Å². The van der Waals surface area contributed by atoms with Crippen molar-refractivity contribution in [1.82, 2.24) is 10.1 Å². The number of aromatic nitrogens is 1. The minimum atomic E-state index is -0.994. The number of para-hydroxylation sites is 1.